The van der Waals surface area contributed by atoms with Crippen LogP contribution in [0.15, 0.2) is 59.8 Å². The number of hydrogen-bond acceptors (Lipinski definition) is 4. The predicted octanol–water partition coefficient (Wildman–Crippen LogP) is 4.57. The number of carbonyl (C=O) groups is 1. The summed E-state index contributed by atoms with van der Waals surface area (Å²) in [7, 11) is 0. The minimum atomic E-state index is -0.269. The quantitative estimate of drug-likeness (QED) is 0.549. The number of nitrogens with zero attached hydrogens (tertiary/aromatic N) is 2. The number of aryl methyl sites for hydroxylation is 1. The lowest BCUT2D eigenvalue weighted by Crippen LogP contribution is -2.34. The zero-order valence-corrected chi connectivity index (χ0v) is 17.3. The molecule has 28 heavy (non-hydrogen) atoms. The minimum absolute atomic E-state index is 0.000988. The first-order valence-electron chi connectivity index (χ1n) is 9.55. The lowest BCUT2D eigenvalue weighted by Gasteiger charge is -2.17. The molecule has 0 bridgehead atoms. The number of hydrogen-bond donors (Lipinski definition) is 2. The molecule has 0 saturated heterocycles. The van der Waals surface area contributed by atoms with Crippen molar-refractivity contribution >= 4 is 17.7 Å². The van der Waals surface area contributed by atoms with Crippen LogP contribution in [0.2, 0.25) is 0 Å². The molecule has 6 heteroatoms. The molecule has 0 aliphatic heterocycles. The van der Waals surface area contributed by atoms with Crippen molar-refractivity contribution in [1.82, 2.24) is 20.5 Å². The van der Waals surface area contributed by atoms with Crippen LogP contribution in [0.3, 0.4) is 0 Å². The van der Waals surface area contributed by atoms with E-state index in [1.54, 1.807) is 0 Å². The van der Waals surface area contributed by atoms with E-state index in [0.29, 0.717) is 23.4 Å². The van der Waals surface area contributed by atoms with Crippen molar-refractivity contribution in [1.29, 1.82) is 0 Å². The lowest BCUT2D eigenvalue weighted by atomic mass is 9.96. The molecule has 5 nitrogen and oxygen atoms in total. The summed E-state index contributed by atoms with van der Waals surface area (Å²) < 4.78 is 0. The van der Waals surface area contributed by atoms with E-state index in [0.717, 1.165) is 12.0 Å². The Kier molecular flexibility index (Phi) is 6.87. The summed E-state index contributed by atoms with van der Waals surface area (Å²) in [5, 5.41) is 10.6. The second-order valence-electron chi connectivity index (χ2n) is 6.85. The van der Waals surface area contributed by atoms with Gasteiger partial charge in [0.05, 0.1) is 5.25 Å². The summed E-state index contributed by atoms with van der Waals surface area (Å²) in [6, 6.07) is 18.4. The van der Waals surface area contributed by atoms with Gasteiger partial charge in [0, 0.05) is 18.0 Å². The molecule has 2 N–H and O–H groups in total. The van der Waals surface area contributed by atoms with E-state index >= 15 is 0 Å². The lowest BCUT2D eigenvalue weighted by molar-refractivity contribution is -0.120. The van der Waals surface area contributed by atoms with Gasteiger partial charge < -0.3 is 5.32 Å². The van der Waals surface area contributed by atoms with Gasteiger partial charge in [0.25, 0.3) is 0 Å². The molecular weight excluding hydrogens is 368 g/mol. The predicted molar refractivity (Wildman–Crippen MR) is 114 cm³/mol. The van der Waals surface area contributed by atoms with Crippen LogP contribution in [0.4, 0.5) is 0 Å². The molecule has 0 aliphatic carbocycles. The van der Waals surface area contributed by atoms with Gasteiger partial charge in [-0.05, 0) is 25.8 Å². The molecule has 2 atom stereocenters. The number of H-pyrrole nitrogens is 1. The first-order chi connectivity index (χ1) is 13.6. The molecule has 1 amide bonds. The Balaban J connectivity index is 1.55. The molecule has 3 aromatic rings. The van der Waals surface area contributed by atoms with E-state index in [1.165, 1.54) is 22.9 Å². The maximum Gasteiger partial charge on any atom is 0.233 e. The molecule has 0 radical (unpaired) electrons. The third-order valence-corrected chi connectivity index (χ3v) is 5.69. The molecule has 2 aromatic carbocycles. The molecule has 146 valence electrons. The molecule has 0 saturated carbocycles. The molecule has 0 spiro atoms. The monoisotopic (exact) mass is 394 g/mol. The average Bonchev–Trinajstić information content (AvgIpc) is 3.18. The summed E-state index contributed by atoms with van der Waals surface area (Å²) in [6.07, 6.45) is 0.979. The first-order valence-corrected chi connectivity index (χ1v) is 10.4. The van der Waals surface area contributed by atoms with Crippen LogP contribution in [0, 0.1) is 6.92 Å². The Labute approximate surface area is 170 Å². The third-order valence-electron chi connectivity index (χ3n) is 4.73. The van der Waals surface area contributed by atoms with E-state index in [-0.39, 0.29) is 11.2 Å². The van der Waals surface area contributed by atoms with Crippen molar-refractivity contribution in [3.63, 3.8) is 0 Å². The number of carbonyl (C=O) groups excluding carboxylic acids is 1. The highest BCUT2D eigenvalue weighted by Gasteiger charge is 2.19. The second-order valence-corrected chi connectivity index (χ2v) is 8.16. The van der Waals surface area contributed by atoms with Crippen LogP contribution in [-0.4, -0.2) is 32.9 Å². The zero-order chi connectivity index (χ0) is 19.9. The summed E-state index contributed by atoms with van der Waals surface area (Å²) in [4.78, 5) is 17.0. The van der Waals surface area contributed by atoms with Crippen LogP contribution in [-0.2, 0) is 4.79 Å². The highest BCUT2D eigenvalue weighted by Crippen LogP contribution is 2.23. The Hall–Kier alpha value is -2.60. The summed E-state index contributed by atoms with van der Waals surface area (Å²) >= 11 is 1.36. The normalized spacial score (nSPS) is 13.1. The fraction of sp³-hybridized carbons (Fsp3) is 0.318. The molecule has 3 rings (SSSR count). The van der Waals surface area contributed by atoms with Gasteiger partial charge in [0.15, 0.2) is 5.82 Å². The van der Waals surface area contributed by atoms with Crippen molar-refractivity contribution in [2.45, 2.75) is 43.5 Å². The van der Waals surface area contributed by atoms with Crippen molar-refractivity contribution in [2.75, 3.05) is 6.54 Å². The van der Waals surface area contributed by atoms with E-state index < -0.39 is 0 Å². The fourth-order valence-corrected chi connectivity index (χ4v) is 3.69. The zero-order valence-electron chi connectivity index (χ0n) is 16.5. The van der Waals surface area contributed by atoms with Crippen LogP contribution in [0.1, 0.15) is 37.3 Å². The second kappa shape index (κ2) is 9.55. The number of rotatable bonds is 8. The SMILES string of the molecule is CC[C@H](CNC(=O)[C@H](C)Sc1n[nH]c(-c2ccc(C)cc2)n1)c1ccccc1. The van der Waals surface area contributed by atoms with Crippen LogP contribution in [0.25, 0.3) is 11.4 Å². The van der Waals surface area contributed by atoms with E-state index in [4.69, 9.17) is 0 Å². The van der Waals surface area contributed by atoms with Gasteiger partial charge in [-0.3, -0.25) is 9.89 Å². The van der Waals surface area contributed by atoms with Crippen molar-refractivity contribution < 1.29 is 4.79 Å². The van der Waals surface area contributed by atoms with Crippen molar-refractivity contribution in [2.24, 2.45) is 0 Å². The van der Waals surface area contributed by atoms with E-state index in [1.807, 2.05) is 56.3 Å². The number of aromatic nitrogens is 3. The van der Waals surface area contributed by atoms with Crippen molar-refractivity contribution in [3.05, 3.63) is 65.7 Å². The van der Waals surface area contributed by atoms with Gasteiger partial charge in [-0.15, -0.1) is 5.10 Å². The maximum absolute atomic E-state index is 12.5. The molecule has 0 aliphatic rings. The minimum Gasteiger partial charge on any atom is -0.355 e. The van der Waals surface area contributed by atoms with E-state index in [9.17, 15) is 4.79 Å². The van der Waals surface area contributed by atoms with Gasteiger partial charge in [-0.1, -0.05) is 78.8 Å². The molecular formula is C22H26N4OS. The molecule has 1 aromatic heterocycles. The summed E-state index contributed by atoms with van der Waals surface area (Å²) in [5.41, 5.74) is 3.43. The number of amides is 1. The topological polar surface area (TPSA) is 70.7 Å². The largest absolute Gasteiger partial charge is 0.355 e. The van der Waals surface area contributed by atoms with Gasteiger partial charge in [0.1, 0.15) is 0 Å². The Morgan fingerprint density at radius 3 is 2.54 bits per heavy atom. The maximum atomic E-state index is 12.5. The summed E-state index contributed by atoms with van der Waals surface area (Å²) in [5.74, 6) is 1.03. The van der Waals surface area contributed by atoms with Gasteiger partial charge in [-0.25, -0.2) is 4.98 Å². The van der Waals surface area contributed by atoms with Crippen LogP contribution < -0.4 is 5.32 Å². The number of aromatic amines is 1. The highest BCUT2D eigenvalue weighted by atomic mass is 32.2. The molecule has 1 heterocycles. The van der Waals surface area contributed by atoms with Gasteiger partial charge in [0.2, 0.25) is 11.1 Å². The fourth-order valence-electron chi connectivity index (χ4n) is 2.94. The first kappa shape index (κ1) is 20.1. The Morgan fingerprint density at radius 2 is 1.86 bits per heavy atom. The van der Waals surface area contributed by atoms with Gasteiger partial charge in [-0.2, -0.15) is 0 Å². The smallest absolute Gasteiger partial charge is 0.233 e. The molecule has 0 unspecified atom stereocenters. The van der Waals surface area contributed by atoms with Crippen LogP contribution >= 0.6 is 11.8 Å². The molecule has 0 fully saturated rings. The Bertz CT molecular complexity index is 892. The number of benzene rings is 2. The highest BCUT2D eigenvalue weighted by molar-refractivity contribution is 8.00. The van der Waals surface area contributed by atoms with Crippen molar-refractivity contribution in [3.8, 4) is 11.4 Å². The van der Waals surface area contributed by atoms with E-state index in [2.05, 4.69) is 39.6 Å². The van der Waals surface area contributed by atoms with Gasteiger partial charge >= 0.3 is 0 Å². The number of nitrogens with one attached hydrogen (secondary N) is 2. The number of thioether (sulfide) groups is 1. The Morgan fingerprint density at radius 1 is 1.14 bits per heavy atom. The third kappa shape index (κ3) is 5.23. The standard InChI is InChI=1S/C22H26N4OS/c1-4-17(18-8-6-5-7-9-18)14-23-21(27)16(3)28-22-24-20(25-26-22)19-12-10-15(2)11-13-19/h5-13,16-17H,4,14H2,1-3H3,(H,23,27)(H,24,25,26)/t16-,17+/m0/s1. The average molecular weight is 395 g/mol. The summed E-state index contributed by atoms with van der Waals surface area (Å²) in [6.45, 7) is 6.70. The van der Waals surface area contributed by atoms with Crippen LogP contribution in [0.5, 0.6) is 0 Å².